The highest BCUT2D eigenvalue weighted by molar-refractivity contribution is 5.89. The van der Waals surface area contributed by atoms with Gasteiger partial charge in [0.25, 0.3) is 0 Å². The van der Waals surface area contributed by atoms with Crippen LogP contribution in [0.2, 0.25) is 0 Å². The lowest BCUT2D eigenvalue weighted by molar-refractivity contribution is 0.0526. The first-order valence-electron chi connectivity index (χ1n) is 11.7. The molecule has 28 heavy (non-hydrogen) atoms. The summed E-state index contributed by atoms with van der Waals surface area (Å²) in [7, 11) is 0. The number of unbranched alkanes of at least 4 members (excludes halogenated alkanes) is 13. The molecule has 1 rings (SSSR count). The molecule has 0 atom stereocenters. The maximum Gasteiger partial charge on any atom is 0.338 e. The second-order valence-electron chi connectivity index (χ2n) is 7.69. The van der Waals surface area contributed by atoms with Gasteiger partial charge in [-0.25, -0.2) is 4.79 Å². The normalized spacial score (nSPS) is 10.8. The van der Waals surface area contributed by atoms with Crippen molar-refractivity contribution in [2.45, 2.75) is 104 Å². The minimum absolute atomic E-state index is 0.288. The molecular formula is C25H42O3. The highest BCUT2D eigenvalue weighted by atomic mass is 16.5. The molecule has 0 saturated heterocycles. The minimum Gasteiger partial charge on any atom is -0.494 e. The Balaban J connectivity index is 1.92. The maximum absolute atomic E-state index is 11.7. The number of ether oxygens (including phenoxy) is 2. The molecule has 1 aromatic rings. The van der Waals surface area contributed by atoms with Crippen LogP contribution in [0.1, 0.15) is 114 Å². The van der Waals surface area contributed by atoms with Gasteiger partial charge in [-0.15, -0.1) is 0 Å². The van der Waals surface area contributed by atoms with E-state index < -0.39 is 0 Å². The molecule has 0 aromatic heterocycles. The van der Waals surface area contributed by atoms with Gasteiger partial charge < -0.3 is 9.47 Å². The Labute approximate surface area is 173 Å². The number of esters is 1. The predicted molar refractivity (Wildman–Crippen MR) is 118 cm³/mol. The Morgan fingerprint density at radius 2 is 1.29 bits per heavy atom. The Bertz CT molecular complexity index is 498. The molecule has 3 heteroatoms. The van der Waals surface area contributed by atoms with Gasteiger partial charge in [0.05, 0.1) is 18.8 Å². The fourth-order valence-electron chi connectivity index (χ4n) is 3.41. The number of carbonyl (C=O) groups is 1. The standard InChI is InChI=1S/C25H42O3/c1-3-5-6-7-8-9-10-11-12-13-14-15-16-17-21-28-24-20-18-19-23(22-24)25(26)27-4-2/h18-20,22H,3-17,21H2,1-2H3. The van der Waals surface area contributed by atoms with Crippen LogP contribution in [0.4, 0.5) is 0 Å². The van der Waals surface area contributed by atoms with E-state index in [1.54, 1.807) is 12.1 Å². The van der Waals surface area contributed by atoms with Crippen LogP contribution in [-0.4, -0.2) is 19.2 Å². The summed E-state index contributed by atoms with van der Waals surface area (Å²) in [6, 6.07) is 7.26. The molecule has 0 bridgehead atoms. The summed E-state index contributed by atoms with van der Waals surface area (Å²) in [6.07, 6.45) is 19.0. The largest absolute Gasteiger partial charge is 0.494 e. The third kappa shape index (κ3) is 12.8. The number of benzene rings is 1. The van der Waals surface area contributed by atoms with E-state index in [2.05, 4.69) is 6.92 Å². The summed E-state index contributed by atoms with van der Waals surface area (Å²) >= 11 is 0. The van der Waals surface area contributed by atoms with E-state index in [-0.39, 0.29) is 5.97 Å². The molecule has 0 fully saturated rings. The number of hydrogen-bond acceptors (Lipinski definition) is 3. The zero-order chi connectivity index (χ0) is 20.3. The van der Waals surface area contributed by atoms with Crippen LogP contribution in [0.15, 0.2) is 24.3 Å². The fraction of sp³-hybridized carbons (Fsp3) is 0.720. The van der Waals surface area contributed by atoms with Gasteiger partial charge in [0.2, 0.25) is 0 Å². The second-order valence-corrected chi connectivity index (χ2v) is 7.69. The SMILES string of the molecule is CCCCCCCCCCCCCCCCOc1cccc(C(=O)OCC)c1. The lowest BCUT2D eigenvalue weighted by Gasteiger charge is -2.08. The molecular weight excluding hydrogens is 348 g/mol. The van der Waals surface area contributed by atoms with Crippen molar-refractivity contribution in [3.63, 3.8) is 0 Å². The molecule has 3 nitrogen and oxygen atoms in total. The number of hydrogen-bond donors (Lipinski definition) is 0. The summed E-state index contributed by atoms with van der Waals surface area (Å²) in [5.74, 6) is 0.463. The van der Waals surface area contributed by atoms with Crippen molar-refractivity contribution in [3.8, 4) is 5.75 Å². The van der Waals surface area contributed by atoms with Gasteiger partial charge >= 0.3 is 5.97 Å². The van der Waals surface area contributed by atoms with E-state index in [0.29, 0.717) is 18.8 Å². The zero-order valence-corrected chi connectivity index (χ0v) is 18.3. The van der Waals surface area contributed by atoms with Crippen LogP contribution in [0.3, 0.4) is 0 Å². The van der Waals surface area contributed by atoms with Gasteiger partial charge in [-0.05, 0) is 31.5 Å². The van der Waals surface area contributed by atoms with Gasteiger partial charge in [-0.1, -0.05) is 96.5 Å². The van der Waals surface area contributed by atoms with E-state index in [1.165, 1.54) is 83.5 Å². The molecule has 1 aromatic carbocycles. The second kappa shape index (κ2) is 17.6. The van der Waals surface area contributed by atoms with Crippen LogP contribution in [-0.2, 0) is 4.74 Å². The summed E-state index contributed by atoms with van der Waals surface area (Å²) in [4.78, 5) is 11.7. The first-order chi connectivity index (χ1) is 13.8. The topological polar surface area (TPSA) is 35.5 Å². The van der Waals surface area contributed by atoms with Crippen molar-refractivity contribution in [2.24, 2.45) is 0 Å². The van der Waals surface area contributed by atoms with Crippen molar-refractivity contribution < 1.29 is 14.3 Å². The van der Waals surface area contributed by atoms with E-state index >= 15 is 0 Å². The summed E-state index contributed by atoms with van der Waals surface area (Å²) in [6.45, 7) is 5.19. The Hall–Kier alpha value is -1.51. The quantitative estimate of drug-likeness (QED) is 0.190. The van der Waals surface area contributed by atoms with Crippen LogP contribution in [0, 0.1) is 0 Å². The van der Waals surface area contributed by atoms with Gasteiger partial charge in [0.15, 0.2) is 0 Å². The fourth-order valence-corrected chi connectivity index (χ4v) is 3.41. The molecule has 0 spiro atoms. The molecule has 0 heterocycles. The summed E-state index contributed by atoms with van der Waals surface area (Å²) in [5, 5.41) is 0. The van der Waals surface area contributed by atoms with E-state index in [0.717, 1.165) is 12.2 Å². The van der Waals surface area contributed by atoms with E-state index in [9.17, 15) is 4.79 Å². The third-order valence-corrected chi connectivity index (χ3v) is 5.11. The average Bonchev–Trinajstić information content (AvgIpc) is 2.71. The average molecular weight is 391 g/mol. The highest BCUT2D eigenvalue weighted by Gasteiger charge is 2.07. The molecule has 0 amide bonds. The van der Waals surface area contributed by atoms with Gasteiger partial charge in [0.1, 0.15) is 5.75 Å². The lowest BCUT2D eigenvalue weighted by Crippen LogP contribution is -2.05. The zero-order valence-electron chi connectivity index (χ0n) is 18.3. The summed E-state index contributed by atoms with van der Waals surface area (Å²) < 4.78 is 10.8. The highest BCUT2D eigenvalue weighted by Crippen LogP contribution is 2.16. The lowest BCUT2D eigenvalue weighted by atomic mass is 10.0. The first kappa shape index (κ1) is 24.5. The first-order valence-corrected chi connectivity index (χ1v) is 11.7. The minimum atomic E-state index is -0.288. The number of carbonyl (C=O) groups excluding carboxylic acids is 1. The predicted octanol–water partition coefficient (Wildman–Crippen LogP) is 7.72. The molecule has 0 unspecified atom stereocenters. The van der Waals surface area contributed by atoms with Crippen LogP contribution < -0.4 is 4.74 Å². The van der Waals surface area contributed by atoms with Gasteiger partial charge in [0, 0.05) is 0 Å². The van der Waals surface area contributed by atoms with Crippen LogP contribution in [0.25, 0.3) is 0 Å². The smallest absolute Gasteiger partial charge is 0.338 e. The molecule has 0 N–H and O–H groups in total. The Kier molecular flexibility index (Phi) is 15.4. The molecule has 0 aliphatic heterocycles. The third-order valence-electron chi connectivity index (χ3n) is 5.11. The molecule has 0 radical (unpaired) electrons. The molecule has 160 valence electrons. The van der Waals surface area contributed by atoms with Crippen molar-refractivity contribution >= 4 is 5.97 Å². The molecule has 0 saturated carbocycles. The number of rotatable bonds is 18. The Morgan fingerprint density at radius 1 is 0.750 bits per heavy atom. The maximum atomic E-state index is 11.7. The van der Waals surface area contributed by atoms with Gasteiger partial charge in [-0.3, -0.25) is 0 Å². The van der Waals surface area contributed by atoms with Crippen LogP contribution in [0.5, 0.6) is 5.75 Å². The Morgan fingerprint density at radius 3 is 1.82 bits per heavy atom. The summed E-state index contributed by atoms with van der Waals surface area (Å²) in [5.41, 5.74) is 0.556. The van der Waals surface area contributed by atoms with Gasteiger partial charge in [-0.2, -0.15) is 0 Å². The molecule has 0 aliphatic rings. The van der Waals surface area contributed by atoms with Crippen molar-refractivity contribution in [3.05, 3.63) is 29.8 Å². The monoisotopic (exact) mass is 390 g/mol. The van der Waals surface area contributed by atoms with Crippen molar-refractivity contribution in [2.75, 3.05) is 13.2 Å². The van der Waals surface area contributed by atoms with E-state index in [4.69, 9.17) is 9.47 Å². The van der Waals surface area contributed by atoms with E-state index in [1.807, 2.05) is 19.1 Å². The van der Waals surface area contributed by atoms with Crippen molar-refractivity contribution in [1.29, 1.82) is 0 Å². The van der Waals surface area contributed by atoms with Crippen LogP contribution >= 0.6 is 0 Å². The van der Waals surface area contributed by atoms with Crippen molar-refractivity contribution in [1.82, 2.24) is 0 Å². The molecule has 0 aliphatic carbocycles.